The molecule has 0 spiro atoms. The monoisotopic (exact) mass is 238 g/mol. The lowest BCUT2D eigenvalue weighted by Crippen LogP contribution is -2.19. The fourth-order valence-corrected chi connectivity index (χ4v) is 1.71. The van der Waals surface area contributed by atoms with Gasteiger partial charge in [0.15, 0.2) is 0 Å². The van der Waals surface area contributed by atoms with E-state index in [1.807, 2.05) is 12.1 Å². The molecular weight excluding hydrogens is 216 g/mol. The minimum absolute atomic E-state index is 0.291. The van der Waals surface area contributed by atoms with Crippen LogP contribution in [-0.4, -0.2) is 35.2 Å². The predicted molar refractivity (Wildman–Crippen MR) is 69.3 cm³/mol. The number of hydrazine groups is 1. The molecule has 0 saturated carbocycles. The molecule has 0 unspecified atom stereocenters. The summed E-state index contributed by atoms with van der Waals surface area (Å²) in [5, 5.41) is 8.69. The molecular formula is C12H22N4O. The topological polar surface area (TPSA) is 74.4 Å². The number of hydrogen-bond acceptors (Lipinski definition) is 5. The Bertz CT molecular complexity index is 319. The molecule has 1 heterocycles. The Hall–Kier alpha value is -1.17. The van der Waals surface area contributed by atoms with E-state index in [-0.39, 0.29) is 0 Å². The summed E-state index contributed by atoms with van der Waals surface area (Å²) in [4.78, 5) is 6.33. The molecule has 5 heteroatoms. The molecule has 0 fully saturated rings. The lowest BCUT2D eigenvalue weighted by molar-refractivity contribution is 0.271. The summed E-state index contributed by atoms with van der Waals surface area (Å²) in [5.74, 6) is 6.00. The van der Waals surface area contributed by atoms with Gasteiger partial charge in [-0.1, -0.05) is 0 Å². The molecule has 0 aromatic carbocycles. The van der Waals surface area contributed by atoms with E-state index in [1.54, 1.807) is 6.20 Å². The second kappa shape index (κ2) is 8.00. The molecule has 1 rings (SSSR count). The smallest absolute Gasteiger partial charge is 0.140 e. The van der Waals surface area contributed by atoms with Crippen molar-refractivity contribution in [2.45, 2.75) is 25.8 Å². The van der Waals surface area contributed by atoms with Crippen molar-refractivity contribution in [2.24, 2.45) is 5.84 Å². The summed E-state index contributed by atoms with van der Waals surface area (Å²) in [6.07, 6.45) is 4.84. The zero-order valence-electron chi connectivity index (χ0n) is 10.4. The highest BCUT2D eigenvalue weighted by atomic mass is 16.2. The minimum atomic E-state index is 0.291. The number of aromatic nitrogens is 1. The van der Waals surface area contributed by atoms with E-state index in [0.717, 1.165) is 32.4 Å². The van der Waals surface area contributed by atoms with E-state index >= 15 is 0 Å². The summed E-state index contributed by atoms with van der Waals surface area (Å²) in [5.41, 5.74) is 3.74. The molecule has 0 saturated heterocycles. The molecule has 1 aromatic heterocycles. The van der Waals surface area contributed by atoms with Gasteiger partial charge in [-0.2, -0.15) is 0 Å². The Morgan fingerprint density at radius 2 is 2.24 bits per heavy atom. The Labute approximate surface area is 103 Å². The fourth-order valence-electron chi connectivity index (χ4n) is 1.71. The maximum absolute atomic E-state index is 8.69. The molecule has 0 aliphatic carbocycles. The van der Waals surface area contributed by atoms with Crippen LogP contribution in [0.4, 0.5) is 5.82 Å². The average Bonchev–Trinajstić information content (AvgIpc) is 2.35. The summed E-state index contributed by atoms with van der Waals surface area (Å²) in [6, 6.07) is 3.94. The van der Waals surface area contributed by atoms with Crippen molar-refractivity contribution in [3.05, 3.63) is 23.9 Å². The quantitative estimate of drug-likeness (QED) is 0.357. The molecule has 17 heavy (non-hydrogen) atoms. The fraction of sp³-hybridized carbons (Fsp3) is 0.583. The maximum atomic E-state index is 8.69. The molecule has 0 atom stereocenters. The molecule has 1 aromatic rings. The molecule has 0 bridgehead atoms. The number of hydrogen-bond donors (Lipinski definition) is 3. The van der Waals surface area contributed by atoms with Crippen LogP contribution in [0.2, 0.25) is 0 Å². The third-order valence-corrected chi connectivity index (χ3v) is 2.62. The van der Waals surface area contributed by atoms with Gasteiger partial charge in [0.05, 0.1) is 0 Å². The van der Waals surface area contributed by atoms with Crippen molar-refractivity contribution in [3.8, 4) is 0 Å². The number of aliphatic hydroxyl groups excluding tert-OH is 1. The molecule has 0 radical (unpaired) electrons. The van der Waals surface area contributed by atoms with Gasteiger partial charge in [0.2, 0.25) is 0 Å². The highest BCUT2D eigenvalue weighted by molar-refractivity contribution is 5.35. The van der Waals surface area contributed by atoms with E-state index < -0.39 is 0 Å². The van der Waals surface area contributed by atoms with Crippen molar-refractivity contribution in [1.29, 1.82) is 0 Å². The number of pyridine rings is 1. The summed E-state index contributed by atoms with van der Waals surface area (Å²) < 4.78 is 0. The Morgan fingerprint density at radius 1 is 1.41 bits per heavy atom. The van der Waals surface area contributed by atoms with Gasteiger partial charge in [0, 0.05) is 19.3 Å². The molecule has 0 aliphatic rings. The second-order valence-electron chi connectivity index (χ2n) is 4.22. The molecule has 0 amide bonds. The van der Waals surface area contributed by atoms with Crippen LogP contribution in [0.25, 0.3) is 0 Å². The Kier molecular flexibility index (Phi) is 6.54. The Balaban J connectivity index is 2.31. The van der Waals surface area contributed by atoms with Crippen molar-refractivity contribution in [3.63, 3.8) is 0 Å². The predicted octanol–water partition coefficient (Wildman–Crippen LogP) is 0.962. The molecule has 96 valence electrons. The molecule has 0 aliphatic heterocycles. The van der Waals surface area contributed by atoms with Crippen LogP contribution in [0, 0.1) is 0 Å². The zero-order chi connectivity index (χ0) is 12.5. The van der Waals surface area contributed by atoms with Gasteiger partial charge in [0.1, 0.15) is 5.82 Å². The molecule has 5 nitrogen and oxygen atoms in total. The number of anilines is 1. The van der Waals surface area contributed by atoms with Crippen LogP contribution in [0.15, 0.2) is 18.3 Å². The van der Waals surface area contributed by atoms with Gasteiger partial charge in [-0.3, -0.25) is 0 Å². The van der Waals surface area contributed by atoms with Gasteiger partial charge in [-0.05, 0) is 50.6 Å². The lowest BCUT2D eigenvalue weighted by atomic mass is 10.2. The third-order valence-electron chi connectivity index (χ3n) is 2.62. The van der Waals surface area contributed by atoms with Gasteiger partial charge >= 0.3 is 0 Å². The van der Waals surface area contributed by atoms with Crippen molar-refractivity contribution in [1.82, 2.24) is 9.88 Å². The average molecular weight is 238 g/mol. The number of nitrogens with one attached hydrogen (secondary N) is 1. The number of nitrogens with two attached hydrogens (primary N) is 1. The van der Waals surface area contributed by atoms with Gasteiger partial charge in [-0.15, -0.1) is 0 Å². The van der Waals surface area contributed by atoms with Gasteiger partial charge < -0.3 is 15.4 Å². The lowest BCUT2D eigenvalue weighted by Gasteiger charge is -2.16. The first kappa shape index (κ1) is 13.9. The summed E-state index contributed by atoms with van der Waals surface area (Å²) in [7, 11) is 2.09. The number of rotatable bonds is 8. The van der Waals surface area contributed by atoms with Gasteiger partial charge in [-0.25, -0.2) is 10.8 Å². The van der Waals surface area contributed by atoms with Crippen LogP contribution >= 0.6 is 0 Å². The maximum Gasteiger partial charge on any atom is 0.140 e. The van der Waals surface area contributed by atoms with Crippen LogP contribution in [0.3, 0.4) is 0 Å². The first-order chi connectivity index (χ1) is 8.26. The van der Waals surface area contributed by atoms with Crippen molar-refractivity contribution >= 4 is 5.82 Å². The first-order valence-electron chi connectivity index (χ1n) is 5.97. The van der Waals surface area contributed by atoms with Crippen molar-refractivity contribution in [2.75, 3.05) is 25.6 Å². The van der Waals surface area contributed by atoms with Crippen LogP contribution < -0.4 is 11.3 Å². The summed E-state index contributed by atoms with van der Waals surface area (Å²) >= 11 is 0. The normalized spacial score (nSPS) is 10.8. The highest BCUT2D eigenvalue weighted by Gasteiger charge is 2.01. The SMILES string of the molecule is CN(CCCCCO)Cc1ccnc(NN)c1. The van der Waals surface area contributed by atoms with E-state index in [2.05, 4.69) is 22.4 Å². The first-order valence-corrected chi connectivity index (χ1v) is 5.97. The minimum Gasteiger partial charge on any atom is -0.396 e. The molecule has 4 N–H and O–H groups in total. The van der Waals surface area contributed by atoms with E-state index in [0.29, 0.717) is 12.4 Å². The highest BCUT2D eigenvalue weighted by Crippen LogP contribution is 2.08. The standard InChI is InChI=1S/C12H22N4O/c1-16(7-3-2-4-8-17)10-11-5-6-14-12(9-11)15-13/h5-6,9,17H,2-4,7-8,10,13H2,1H3,(H,14,15). The third kappa shape index (κ3) is 5.63. The Morgan fingerprint density at radius 3 is 2.94 bits per heavy atom. The van der Waals surface area contributed by atoms with Crippen molar-refractivity contribution < 1.29 is 5.11 Å². The summed E-state index contributed by atoms with van der Waals surface area (Å²) in [6.45, 7) is 2.21. The van der Waals surface area contributed by atoms with E-state index in [1.165, 1.54) is 5.56 Å². The van der Waals surface area contributed by atoms with Crippen LogP contribution in [0.5, 0.6) is 0 Å². The number of nitrogen functional groups attached to an aromatic ring is 1. The number of unbranched alkanes of at least 4 members (excludes halogenated alkanes) is 2. The van der Waals surface area contributed by atoms with Gasteiger partial charge in [0.25, 0.3) is 0 Å². The number of aliphatic hydroxyl groups is 1. The van der Waals surface area contributed by atoms with Crippen LogP contribution in [0.1, 0.15) is 24.8 Å². The zero-order valence-corrected chi connectivity index (χ0v) is 10.4. The van der Waals surface area contributed by atoms with Crippen LogP contribution in [-0.2, 0) is 6.54 Å². The van der Waals surface area contributed by atoms with E-state index in [9.17, 15) is 0 Å². The largest absolute Gasteiger partial charge is 0.396 e. The number of nitrogens with zero attached hydrogens (tertiary/aromatic N) is 2. The van der Waals surface area contributed by atoms with E-state index in [4.69, 9.17) is 10.9 Å². The second-order valence-corrected chi connectivity index (χ2v) is 4.22.